The van der Waals surface area contributed by atoms with E-state index in [9.17, 15) is 14.0 Å². The van der Waals surface area contributed by atoms with Gasteiger partial charge in [-0.2, -0.15) is 0 Å². The van der Waals surface area contributed by atoms with Crippen LogP contribution >= 0.6 is 33.9 Å². The summed E-state index contributed by atoms with van der Waals surface area (Å²) >= 11 is 3.40. The number of methoxy groups -OCH3 is 2. The van der Waals surface area contributed by atoms with Gasteiger partial charge in [0.1, 0.15) is 24.2 Å². The summed E-state index contributed by atoms with van der Waals surface area (Å²) in [5.41, 5.74) is 2.57. The van der Waals surface area contributed by atoms with Gasteiger partial charge in [-0.1, -0.05) is 59.9 Å². The van der Waals surface area contributed by atoms with Crippen molar-refractivity contribution < 1.29 is 23.4 Å². The highest BCUT2D eigenvalue weighted by atomic mass is 127. The van der Waals surface area contributed by atoms with Gasteiger partial charge in [-0.25, -0.2) is 9.38 Å². The topological polar surface area (TPSA) is 82.4 Å². The summed E-state index contributed by atoms with van der Waals surface area (Å²) in [5.74, 6) is 0.973. The number of ether oxygens (including phenoxy) is 3. The molecule has 0 N–H and O–H groups in total. The Morgan fingerprint density at radius 2 is 1.73 bits per heavy atom. The van der Waals surface area contributed by atoms with Crippen molar-refractivity contribution in [1.82, 2.24) is 9.47 Å². The highest BCUT2D eigenvalue weighted by Crippen LogP contribution is 2.41. The van der Waals surface area contributed by atoms with Gasteiger partial charge in [0.2, 0.25) is 0 Å². The third kappa shape index (κ3) is 6.49. The van der Waals surface area contributed by atoms with Gasteiger partial charge in [0, 0.05) is 24.2 Å². The minimum atomic E-state index is -0.781. The Bertz CT molecular complexity index is 2290. The van der Waals surface area contributed by atoms with Crippen LogP contribution < -0.4 is 29.1 Å². The van der Waals surface area contributed by atoms with Crippen LogP contribution in [0.15, 0.2) is 93.9 Å². The average molecular weight is 792 g/mol. The molecule has 0 saturated heterocycles. The van der Waals surface area contributed by atoms with Crippen molar-refractivity contribution in [2.75, 3.05) is 27.3 Å². The van der Waals surface area contributed by atoms with Crippen molar-refractivity contribution in [3.63, 3.8) is 0 Å². The summed E-state index contributed by atoms with van der Waals surface area (Å²) in [6, 6.07) is 21.1. The second-order valence-corrected chi connectivity index (χ2v) is 13.5. The van der Waals surface area contributed by atoms with Gasteiger partial charge in [0.05, 0.1) is 33.6 Å². The number of hydrogen-bond acceptors (Lipinski definition) is 7. The van der Waals surface area contributed by atoms with Crippen molar-refractivity contribution in [1.29, 1.82) is 0 Å². The quantitative estimate of drug-likeness (QED) is 0.149. The fraction of sp³-hybridized carbons (Fsp3) is 0.237. The van der Waals surface area contributed by atoms with E-state index >= 15 is 0 Å². The van der Waals surface area contributed by atoms with E-state index in [0.29, 0.717) is 62.1 Å². The minimum absolute atomic E-state index is 0.0303. The van der Waals surface area contributed by atoms with E-state index in [4.69, 9.17) is 19.2 Å². The first-order valence-electron chi connectivity index (χ1n) is 15.8. The summed E-state index contributed by atoms with van der Waals surface area (Å²) < 4.78 is 34.6. The smallest absolute Gasteiger partial charge is 0.271 e. The van der Waals surface area contributed by atoms with Gasteiger partial charge in [0.25, 0.3) is 11.5 Å². The number of likely N-dealkylation sites (N-methyl/N-ethyl adjacent to an activating group) is 1. The fourth-order valence-electron chi connectivity index (χ4n) is 6.16. The fourth-order valence-corrected chi connectivity index (χ4v) is 7.99. The predicted molar refractivity (Wildman–Crippen MR) is 199 cm³/mol. The van der Waals surface area contributed by atoms with Crippen molar-refractivity contribution in [3.8, 4) is 17.2 Å². The molecule has 0 radical (unpaired) electrons. The third-order valence-electron chi connectivity index (χ3n) is 8.61. The summed E-state index contributed by atoms with van der Waals surface area (Å²) in [5, 5.41) is 1.84. The van der Waals surface area contributed by atoms with Gasteiger partial charge in [-0.3, -0.25) is 14.2 Å². The molecule has 1 atom stereocenters. The number of aromatic nitrogens is 1. The molecule has 6 rings (SSSR count). The van der Waals surface area contributed by atoms with E-state index in [1.54, 1.807) is 46.9 Å². The van der Waals surface area contributed by atoms with Gasteiger partial charge < -0.3 is 19.1 Å². The largest absolute Gasteiger partial charge is 0.496 e. The molecule has 252 valence electrons. The lowest BCUT2D eigenvalue weighted by molar-refractivity contribution is -0.127. The summed E-state index contributed by atoms with van der Waals surface area (Å²) in [4.78, 5) is 35.8. The molecule has 1 aromatic heterocycles. The van der Waals surface area contributed by atoms with Crippen LogP contribution in [0.2, 0.25) is 0 Å². The molecular weight excluding hydrogens is 756 g/mol. The zero-order chi connectivity index (χ0) is 34.8. The first kappa shape index (κ1) is 34.4. The molecule has 8 nitrogen and oxygen atoms in total. The maximum Gasteiger partial charge on any atom is 0.271 e. The monoisotopic (exact) mass is 791 g/mol. The Balaban J connectivity index is 1.52. The predicted octanol–water partition coefficient (Wildman–Crippen LogP) is 6.60. The van der Waals surface area contributed by atoms with Crippen molar-refractivity contribution >= 4 is 56.7 Å². The number of allylic oxidation sites excluding steroid dienone is 1. The van der Waals surface area contributed by atoms with E-state index in [1.165, 1.54) is 24.5 Å². The maximum atomic E-state index is 14.5. The highest BCUT2D eigenvalue weighted by Gasteiger charge is 2.36. The Morgan fingerprint density at radius 1 is 1.02 bits per heavy atom. The lowest BCUT2D eigenvalue weighted by atomic mass is 9.90. The summed E-state index contributed by atoms with van der Waals surface area (Å²) in [6.07, 6.45) is 1.79. The molecule has 4 aromatic carbocycles. The molecule has 1 aliphatic heterocycles. The molecule has 1 aliphatic rings. The van der Waals surface area contributed by atoms with Crippen LogP contribution in [0.1, 0.15) is 43.5 Å². The number of thiazole rings is 1. The van der Waals surface area contributed by atoms with E-state index in [2.05, 4.69) is 22.6 Å². The van der Waals surface area contributed by atoms with Gasteiger partial charge >= 0.3 is 0 Å². The van der Waals surface area contributed by atoms with Crippen LogP contribution in [0.5, 0.6) is 17.2 Å². The number of amides is 1. The molecule has 1 amide bonds. The Hall–Kier alpha value is -4.49. The van der Waals surface area contributed by atoms with Gasteiger partial charge in [-0.15, -0.1) is 0 Å². The number of hydrogen-bond donors (Lipinski definition) is 0. The Labute approximate surface area is 300 Å². The summed E-state index contributed by atoms with van der Waals surface area (Å²) in [7, 11) is 3.13. The van der Waals surface area contributed by atoms with Crippen LogP contribution in [-0.4, -0.2) is 42.7 Å². The van der Waals surface area contributed by atoms with E-state index in [-0.39, 0.29) is 23.9 Å². The Morgan fingerprint density at radius 3 is 2.45 bits per heavy atom. The standard InChI is InChI=1S/C38H35FIN3O5S/c1-6-42(7-2)37(45)32-22(3)41-38-43(34(32)33-26-14-10-8-12-24(26)16-17-29(33)46-4)36(44)31(49-38)20-23-18-28(40)35(30(19-23)47-5)48-21-25-13-9-11-15-27(25)39/h8-20,34H,6-7,21H2,1-5H3/b31-20+/t34-/m1/s1. The van der Waals surface area contributed by atoms with E-state index in [0.717, 1.165) is 19.9 Å². The first-order chi connectivity index (χ1) is 23.7. The zero-order valence-electron chi connectivity index (χ0n) is 27.8. The van der Waals surface area contributed by atoms with Gasteiger partial charge in [0.15, 0.2) is 16.3 Å². The molecule has 0 aliphatic carbocycles. The molecule has 2 heterocycles. The number of fused-ring (bicyclic) bond motifs is 2. The average Bonchev–Trinajstić information content (AvgIpc) is 3.40. The highest BCUT2D eigenvalue weighted by molar-refractivity contribution is 14.1. The molecule has 0 bridgehead atoms. The van der Waals surface area contributed by atoms with E-state index in [1.807, 2.05) is 63.2 Å². The van der Waals surface area contributed by atoms with Crippen LogP contribution in [0.25, 0.3) is 16.8 Å². The second-order valence-electron chi connectivity index (χ2n) is 11.4. The lowest BCUT2D eigenvalue weighted by Crippen LogP contribution is -2.43. The molecule has 0 unspecified atom stereocenters. The van der Waals surface area contributed by atoms with Crippen LogP contribution in [0, 0.1) is 9.39 Å². The molecular formula is C38H35FIN3O5S. The van der Waals surface area contributed by atoms with Crippen molar-refractivity contribution in [2.45, 2.75) is 33.4 Å². The number of nitrogens with zero attached hydrogens (tertiary/aromatic N) is 3. The summed E-state index contributed by atoms with van der Waals surface area (Å²) in [6.45, 7) is 6.75. The molecule has 0 spiro atoms. The SMILES string of the molecule is CCN(CC)C(=O)C1=C(C)N=c2s/c(=C/c3cc(I)c(OCc4ccccc4F)c(OC)c3)c(=O)n2[C@H]1c1c(OC)ccc2ccccc12. The number of halogens is 2. The number of rotatable bonds is 10. The molecule has 0 fully saturated rings. The molecule has 11 heteroatoms. The second kappa shape index (κ2) is 14.6. The number of benzene rings is 4. The minimum Gasteiger partial charge on any atom is -0.496 e. The van der Waals surface area contributed by atoms with E-state index < -0.39 is 6.04 Å². The normalized spacial score (nSPS) is 14.4. The zero-order valence-corrected chi connectivity index (χ0v) is 30.7. The third-order valence-corrected chi connectivity index (χ3v) is 10.4. The first-order valence-corrected chi connectivity index (χ1v) is 17.7. The van der Waals surface area contributed by atoms with Crippen LogP contribution in [0.3, 0.4) is 0 Å². The maximum absolute atomic E-state index is 14.5. The molecule has 49 heavy (non-hydrogen) atoms. The van der Waals surface area contributed by atoms with Crippen molar-refractivity contribution in [3.05, 3.63) is 130 Å². The van der Waals surface area contributed by atoms with Crippen molar-refractivity contribution in [2.24, 2.45) is 4.99 Å². The van der Waals surface area contributed by atoms with Crippen LogP contribution in [-0.2, 0) is 11.4 Å². The Kier molecular flexibility index (Phi) is 10.2. The number of carbonyl (C=O) groups excluding carboxylic acids is 1. The van der Waals surface area contributed by atoms with Crippen LogP contribution in [0.4, 0.5) is 4.39 Å². The number of carbonyl (C=O) groups is 1. The molecule has 5 aromatic rings. The lowest BCUT2D eigenvalue weighted by Gasteiger charge is -2.30. The van der Waals surface area contributed by atoms with Gasteiger partial charge in [-0.05, 0) is 90.0 Å². The molecule has 0 saturated carbocycles.